The summed E-state index contributed by atoms with van der Waals surface area (Å²) in [6.45, 7) is 5.31. The first-order chi connectivity index (χ1) is 13.3. The second-order valence-corrected chi connectivity index (χ2v) is 7.80. The molecule has 2 N–H and O–H groups in total. The number of anilines is 1. The summed E-state index contributed by atoms with van der Waals surface area (Å²) in [5.41, 5.74) is 10.3. The number of nitrogens with one attached hydrogen (secondary N) is 2. The van der Waals surface area contributed by atoms with Gasteiger partial charge in [0.2, 0.25) is 0 Å². The predicted molar refractivity (Wildman–Crippen MR) is 99.2 cm³/mol. The molecule has 4 atom stereocenters. The zero-order valence-corrected chi connectivity index (χ0v) is 15.6. The van der Waals surface area contributed by atoms with Crippen LogP contribution in [0.4, 0.5) is 5.82 Å². The van der Waals surface area contributed by atoms with E-state index in [0.717, 1.165) is 62.8 Å². The Hall–Kier alpha value is -2.03. The number of morpholine rings is 1. The Kier molecular flexibility index (Phi) is 4.55. The molecule has 4 unspecified atom stereocenters. The van der Waals surface area contributed by atoms with Gasteiger partial charge in [-0.2, -0.15) is 0 Å². The first-order valence-corrected chi connectivity index (χ1v) is 9.86. The van der Waals surface area contributed by atoms with E-state index in [9.17, 15) is 0 Å². The SMILES string of the molecule is Cc1nocc1C1CCC2NNC(c3cc(N4CCOCC4)ncn3)C2C1. The quantitative estimate of drug-likeness (QED) is 0.844. The Morgan fingerprint density at radius 1 is 1.15 bits per heavy atom. The minimum Gasteiger partial charge on any atom is -0.378 e. The maximum Gasteiger partial charge on any atom is 0.132 e. The number of rotatable bonds is 3. The van der Waals surface area contributed by atoms with Gasteiger partial charge in [-0.15, -0.1) is 0 Å². The van der Waals surface area contributed by atoms with Gasteiger partial charge in [0, 0.05) is 30.8 Å². The average molecular weight is 370 g/mol. The summed E-state index contributed by atoms with van der Waals surface area (Å²) in [5, 5.41) is 4.08. The fourth-order valence-electron chi connectivity index (χ4n) is 4.82. The molecule has 8 heteroatoms. The zero-order chi connectivity index (χ0) is 18.2. The van der Waals surface area contributed by atoms with Crippen LogP contribution in [0, 0.1) is 12.8 Å². The van der Waals surface area contributed by atoms with Crippen molar-refractivity contribution >= 4 is 5.82 Å². The van der Waals surface area contributed by atoms with Crippen LogP contribution in [0.15, 0.2) is 23.2 Å². The molecule has 2 aromatic heterocycles. The number of hydrogen-bond acceptors (Lipinski definition) is 8. The maximum absolute atomic E-state index is 5.46. The lowest BCUT2D eigenvalue weighted by Gasteiger charge is -2.33. The summed E-state index contributed by atoms with van der Waals surface area (Å²) in [5.74, 6) is 1.99. The maximum atomic E-state index is 5.46. The summed E-state index contributed by atoms with van der Waals surface area (Å²) in [6, 6.07) is 2.82. The number of nitrogens with zero attached hydrogens (tertiary/aromatic N) is 4. The van der Waals surface area contributed by atoms with E-state index in [1.54, 1.807) is 6.33 Å². The summed E-state index contributed by atoms with van der Waals surface area (Å²) in [6.07, 6.45) is 6.93. The minimum atomic E-state index is 0.195. The molecule has 3 aliphatic rings. The monoisotopic (exact) mass is 370 g/mol. The largest absolute Gasteiger partial charge is 0.378 e. The highest BCUT2D eigenvalue weighted by Crippen LogP contribution is 2.44. The van der Waals surface area contributed by atoms with E-state index in [1.165, 1.54) is 5.56 Å². The number of aryl methyl sites for hydroxylation is 1. The Morgan fingerprint density at radius 2 is 2.04 bits per heavy atom. The highest BCUT2D eigenvalue weighted by Gasteiger charge is 2.42. The van der Waals surface area contributed by atoms with Crippen molar-refractivity contribution in [1.29, 1.82) is 0 Å². The van der Waals surface area contributed by atoms with Gasteiger partial charge in [0.25, 0.3) is 0 Å². The van der Waals surface area contributed by atoms with Crippen molar-refractivity contribution in [2.45, 2.75) is 44.2 Å². The van der Waals surface area contributed by atoms with E-state index in [-0.39, 0.29) is 6.04 Å². The van der Waals surface area contributed by atoms with E-state index >= 15 is 0 Å². The Bertz CT molecular complexity index is 790. The Labute approximate surface area is 158 Å². The van der Waals surface area contributed by atoms with Gasteiger partial charge >= 0.3 is 0 Å². The number of hydrazine groups is 1. The van der Waals surface area contributed by atoms with E-state index in [2.05, 4.69) is 36.9 Å². The first kappa shape index (κ1) is 17.1. The van der Waals surface area contributed by atoms with Crippen molar-refractivity contribution in [3.05, 3.63) is 35.6 Å². The molecule has 5 rings (SSSR count). The molecule has 0 aromatic carbocycles. The van der Waals surface area contributed by atoms with Crippen LogP contribution >= 0.6 is 0 Å². The van der Waals surface area contributed by atoms with Crippen LogP contribution in [-0.4, -0.2) is 47.5 Å². The topological polar surface area (TPSA) is 88.3 Å². The molecule has 144 valence electrons. The lowest BCUT2D eigenvalue weighted by atomic mass is 9.73. The normalized spacial score (nSPS) is 31.1. The van der Waals surface area contributed by atoms with Gasteiger partial charge in [0.1, 0.15) is 18.4 Å². The molecule has 0 amide bonds. The van der Waals surface area contributed by atoms with Gasteiger partial charge in [0.15, 0.2) is 0 Å². The fraction of sp³-hybridized carbons (Fsp3) is 0.632. The van der Waals surface area contributed by atoms with Crippen LogP contribution in [0.25, 0.3) is 0 Å². The molecular formula is C19H26N6O2. The van der Waals surface area contributed by atoms with Gasteiger partial charge in [-0.1, -0.05) is 5.16 Å². The van der Waals surface area contributed by atoms with Crippen molar-refractivity contribution in [2.75, 3.05) is 31.2 Å². The predicted octanol–water partition coefficient (Wildman–Crippen LogP) is 1.71. The van der Waals surface area contributed by atoms with E-state index in [4.69, 9.17) is 9.26 Å². The van der Waals surface area contributed by atoms with E-state index < -0.39 is 0 Å². The summed E-state index contributed by atoms with van der Waals surface area (Å²) in [7, 11) is 0. The molecule has 2 aliphatic heterocycles. The van der Waals surface area contributed by atoms with Gasteiger partial charge in [-0.3, -0.25) is 5.43 Å². The van der Waals surface area contributed by atoms with E-state index in [1.807, 2.05) is 13.2 Å². The number of fused-ring (bicyclic) bond motifs is 1. The van der Waals surface area contributed by atoms with Crippen molar-refractivity contribution in [3.63, 3.8) is 0 Å². The Morgan fingerprint density at radius 3 is 2.85 bits per heavy atom. The molecule has 0 bridgehead atoms. The van der Waals surface area contributed by atoms with Crippen LogP contribution in [0.3, 0.4) is 0 Å². The second kappa shape index (κ2) is 7.18. The van der Waals surface area contributed by atoms with Gasteiger partial charge in [-0.05, 0) is 38.0 Å². The molecule has 1 saturated carbocycles. The molecule has 0 spiro atoms. The summed E-state index contributed by atoms with van der Waals surface area (Å²) in [4.78, 5) is 11.4. The van der Waals surface area contributed by atoms with Crippen LogP contribution < -0.4 is 15.8 Å². The second-order valence-electron chi connectivity index (χ2n) is 7.80. The molecule has 8 nitrogen and oxygen atoms in total. The van der Waals surface area contributed by atoms with Crippen LogP contribution in [-0.2, 0) is 4.74 Å². The third-order valence-electron chi connectivity index (χ3n) is 6.31. The molecule has 4 heterocycles. The van der Waals surface area contributed by atoms with E-state index in [0.29, 0.717) is 17.9 Å². The lowest BCUT2D eigenvalue weighted by molar-refractivity contribution is 0.122. The number of ether oxygens (including phenoxy) is 1. The standard InChI is InChI=1S/C19H26N6O2/c1-12-15(10-27-24-12)13-2-3-16-14(8-13)19(23-22-16)17-9-18(21-11-20-17)25-4-6-26-7-5-25/h9-11,13-14,16,19,22-23H,2-8H2,1H3. The van der Waals surface area contributed by atoms with Gasteiger partial charge in [0.05, 0.1) is 30.6 Å². The number of hydrogen-bond donors (Lipinski definition) is 2. The smallest absolute Gasteiger partial charge is 0.132 e. The summed E-state index contributed by atoms with van der Waals surface area (Å²) < 4.78 is 10.6. The van der Waals surface area contributed by atoms with Crippen molar-refractivity contribution in [2.24, 2.45) is 5.92 Å². The third kappa shape index (κ3) is 3.22. The van der Waals surface area contributed by atoms with Crippen LogP contribution in [0.1, 0.15) is 48.2 Å². The third-order valence-corrected chi connectivity index (χ3v) is 6.31. The Balaban J connectivity index is 1.36. The minimum absolute atomic E-state index is 0.195. The van der Waals surface area contributed by atoms with Crippen molar-refractivity contribution in [1.82, 2.24) is 26.0 Å². The van der Waals surface area contributed by atoms with Gasteiger partial charge < -0.3 is 14.2 Å². The highest BCUT2D eigenvalue weighted by atomic mass is 16.5. The molecule has 2 aromatic rings. The van der Waals surface area contributed by atoms with Crippen molar-refractivity contribution < 1.29 is 9.26 Å². The van der Waals surface area contributed by atoms with Crippen molar-refractivity contribution in [3.8, 4) is 0 Å². The fourth-order valence-corrected chi connectivity index (χ4v) is 4.82. The molecule has 0 radical (unpaired) electrons. The van der Waals surface area contributed by atoms with Gasteiger partial charge in [-0.25, -0.2) is 15.4 Å². The number of aromatic nitrogens is 3. The van der Waals surface area contributed by atoms with Crippen LogP contribution in [0.5, 0.6) is 0 Å². The highest BCUT2D eigenvalue weighted by molar-refractivity contribution is 5.40. The lowest BCUT2D eigenvalue weighted by Crippen LogP contribution is -2.37. The summed E-state index contributed by atoms with van der Waals surface area (Å²) >= 11 is 0. The zero-order valence-electron chi connectivity index (χ0n) is 15.6. The molecular weight excluding hydrogens is 344 g/mol. The molecule has 1 aliphatic carbocycles. The van der Waals surface area contributed by atoms with Crippen LogP contribution in [0.2, 0.25) is 0 Å². The molecule has 3 fully saturated rings. The molecule has 27 heavy (non-hydrogen) atoms. The average Bonchev–Trinajstić information content (AvgIpc) is 3.34. The molecule has 2 saturated heterocycles. The first-order valence-electron chi connectivity index (χ1n) is 9.86.